The second kappa shape index (κ2) is 6.52. The van der Waals surface area contributed by atoms with Gasteiger partial charge in [-0.1, -0.05) is 6.07 Å². The Labute approximate surface area is 143 Å². The first kappa shape index (κ1) is 16.9. The van der Waals surface area contributed by atoms with Crippen molar-refractivity contribution in [3.05, 3.63) is 36.4 Å². The predicted octanol–water partition coefficient (Wildman–Crippen LogP) is 1.68. The fourth-order valence-corrected chi connectivity index (χ4v) is 4.62. The van der Waals surface area contributed by atoms with Gasteiger partial charge in [0.1, 0.15) is 12.7 Å². The summed E-state index contributed by atoms with van der Waals surface area (Å²) in [6.45, 7) is 2.98. The third kappa shape index (κ3) is 3.16. The van der Waals surface area contributed by atoms with Gasteiger partial charge in [-0.25, -0.2) is 18.1 Å². The summed E-state index contributed by atoms with van der Waals surface area (Å²) >= 11 is 0. The highest BCUT2D eigenvalue weighted by molar-refractivity contribution is 7.89. The van der Waals surface area contributed by atoms with Crippen LogP contribution in [0.1, 0.15) is 24.4 Å². The molecule has 0 aliphatic carbocycles. The molecular formula is C16H23N5O2S. The number of benzene rings is 1. The smallest absolute Gasteiger partial charge is 0.243 e. The lowest BCUT2D eigenvalue weighted by atomic mass is 10.1. The molecule has 2 heterocycles. The van der Waals surface area contributed by atoms with Crippen molar-refractivity contribution in [2.24, 2.45) is 0 Å². The van der Waals surface area contributed by atoms with Crippen LogP contribution in [0.4, 0.5) is 5.69 Å². The number of anilines is 1. The number of rotatable bonds is 4. The van der Waals surface area contributed by atoms with Gasteiger partial charge in [-0.15, -0.1) is 0 Å². The lowest BCUT2D eigenvalue weighted by Gasteiger charge is -2.31. The van der Waals surface area contributed by atoms with Crippen LogP contribution in [-0.4, -0.2) is 54.7 Å². The minimum Gasteiger partial charge on any atom is -0.377 e. The Morgan fingerprint density at radius 1 is 1.21 bits per heavy atom. The Balaban J connectivity index is 1.78. The summed E-state index contributed by atoms with van der Waals surface area (Å²) in [5.41, 5.74) is 1.98. The van der Waals surface area contributed by atoms with E-state index in [4.69, 9.17) is 0 Å². The maximum atomic E-state index is 12.9. The average molecular weight is 349 g/mol. The number of hydrogen-bond donors (Lipinski definition) is 0. The fraction of sp³-hybridized carbons (Fsp3) is 0.500. The van der Waals surface area contributed by atoms with Crippen molar-refractivity contribution in [2.75, 3.05) is 32.1 Å². The first-order valence-electron chi connectivity index (χ1n) is 8.02. The molecule has 1 saturated heterocycles. The van der Waals surface area contributed by atoms with E-state index >= 15 is 0 Å². The molecule has 0 radical (unpaired) electrons. The van der Waals surface area contributed by atoms with Crippen molar-refractivity contribution >= 4 is 15.7 Å². The van der Waals surface area contributed by atoms with Crippen LogP contribution in [0.3, 0.4) is 0 Å². The fourth-order valence-electron chi connectivity index (χ4n) is 3.13. The lowest BCUT2D eigenvalue weighted by Crippen LogP contribution is -2.39. The zero-order valence-corrected chi connectivity index (χ0v) is 15.1. The van der Waals surface area contributed by atoms with E-state index in [2.05, 4.69) is 10.1 Å². The molecule has 8 heteroatoms. The molecule has 3 rings (SSSR count). The maximum Gasteiger partial charge on any atom is 0.243 e. The highest BCUT2D eigenvalue weighted by Gasteiger charge is 2.30. The third-order valence-corrected chi connectivity index (χ3v) is 6.43. The zero-order valence-electron chi connectivity index (χ0n) is 14.3. The first-order chi connectivity index (χ1) is 11.4. The topological polar surface area (TPSA) is 71.3 Å². The van der Waals surface area contributed by atoms with Crippen molar-refractivity contribution in [2.45, 2.75) is 30.7 Å². The van der Waals surface area contributed by atoms with Gasteiger partial charge in [-0.2, -0.15) is 9.40 Å². The maximum absolute atomic E-state index is 12.9. The number of piperidine rings is 1. The Bertz CT molecular complexity index is 794. The van der Waals surface area contributed by atoms with Crippen LogP contribution in [0, 0.1) is 6.92 Å². The summed E-state index contributed by atoms with van der Waals surface area (Å²) in [7, 11) is 0.372. The van der Waals surface area contributed by atoms with Crippen molar-refractivity contribution in [1.29, 1.82) is 0 Å². The zero-order chi connectivity index (χ0) is 17.3. The molecular weight excluding hydrogens is 326 g/mol. The van der Waals surface area contributed by atoms with E-state index in [1.807, 2.05) is 36.7 Å². The van der Waals surface area contributed by atoms with E-state index < -0.39 is 10.0 Å². The van der Waals surface area contributed by atoms with Crippen molar-refractivity contribution < 1.29 is 8.42 Å². The van der Waals surface area contributed by atoms with Gasteiger partial charge in [0.05, 0.1) is 10.9 Å². The number of aromatic nitrogens is 3. The van der Waals surface area contributed by atoms with Crippen LogP contribution < -0.4 is 4.90 Å². The standard InChI is InChI=1S/C16H23N5O2S/c1-13-4-5-15(10-16(13)19(2)3)24(22,23)20-8-6-14(7-9-20)21-12-17-11-18-21/h4-5,10-12,14H,6-9H2,1-3H3. The minimum absolute atomic E-state index is 0.217. The monoisotopic (exact) mass is 349 g/mol. The molecule has 0 N–H and O–H groups in total. The molecule has 0 spiro atoms. The van der Waals surface area contributed by atoms with Crippen LogP contribution in [0.5, 0.6) is 0 Å². The summed E-state index contributed by atoms with van der Waals surface area (Å²) in [5, 5.41) is 4.16. The summed E-state index contributed by atoms with van der Waals surface area (Å²) < 4.78 is 29.3. The van der Waals surface area contributed by atoms with E-state index in [1.54, 1.807) is 22.8 Å². The summed E-state index contributed by atoms with van der Waals surface area (Å²) in [4.78, 5) is 6.26. The SMILES string of the molecule is Cc1ccc(S(=O)(=O)N2CCC(n3cncn3)CC2)cc1N(C)C. The number of sulfonamides is 1. The predicted molar refractivity (Wildman–Crippen MR) is 92.6 cm³/mol. The van der Waals surface area contributed by atoms with Gasteiger partial charge in [0.25, 0.3) is 0 Å². The van der Waals surface area contributed by atoms with Gasteiger partial charge in [-0.05, 0) is 37.5 Å². The van der Waals surface area contributed by atoms with E-state index in [0.717, 1.165) is 24.1 Å². The largest absolute Gasteiger partial charge is 0.377 e. The molecule has 7 nitrogen and oxygen atoms in total. The molecule has 0 unspecified atom stereocenters. The third-order valence-electron chi connectivity index (χ3n) is 4.53. The van der Waals surface area contributed by atoms with Crippen molar-refractivity contribution in [1.82, 2.24) is 19.1 Å². The number of nitrogens with zero attached hydrogens (tertiary/aromatic N) is 5. The van der Waals surface area contributed by atoms with Crippen LogP contribution in [0.15, 0.2) is 35.7 Å². The molecule has 1 aliphatic heterocycles. The molecule has 0 amide bonds. The van der Waals surface area contributed by atoms with Gasteiger partial charge in [0.15, 0.2) is 0 Å². The molecule has 0 saturated carbocycles. The molecule has 0 atom stereocenters. The quantitative estimate of drug-likeness (QED) is 0.840. The van der Waals surface area contributed by atoms with Gasteiger partial charge in [0.2, 0.25) is 10.0 Å². The highest BCUT2D eigenvalue weighted by atomic mass is 32.2. The molecule has 0 bridgehead atoms. The van der Waals surface area contributed by atoms with Crippen molar-refractivity contribution in [3.63, 3.8) is 0 Å². The number of aryl methyl sites for hydroxylation is 1. The highest BCUT2D eigenvalue weighted by Crippen LogP contribution is 2.28. The van der Waals surface area contributed by atoms with Crippen LogP contribution >= 0.6 is 0 Å². The van der Waals surface area contributed by atoms with E-state index in [-0.39, 0.29) is 6.04 Å². The average Bonchev–Trinajstić information content (AvgIpc) is 3.09. The molecule has 24 heavy (non-hydrogen) atoms. The van der Waals surface area contributed by atoms with Crippen LogP contribution in [0.25, 0.3) is 0 Å². The van der Waals surface area contributed by atoms with Gasteiger partial charge in [-0.3, -0.25) is 0 Å². The van der Waals surface area contributed by atoms with Crippen molar-refractivity contribution in [3.8, 4) is 0 Å². The van der Waals surface area contributed by atoms with Crippen LogP contribution in [-0.2, 0) is 10.0 Å². The summed E-state index contributed by atoms with van der Waals surface area (Å²) in [6.07, 6.45) is 4.69. The van der Waals surface area contributed by atoms with E-state index in [0.29, 0.717) is 18.0 Å². The minimum atomic E-state index is -3.47. The van der Waals surface area contributed by atoms with Gasteiger partial charge in [0, 0.05) is 32.9 Å². The van der Waals surface area contributed by atoms with E-state index in [9.17, 15) is 8.42 Å². The van der Waals surface area contributed by atoms with Gasteiger partial charge < -0.3 is 4.90 Å². The van der Waals surface area contributed by atoms with Gasteiger partial charge >= 0.3 is 0 Å². The Kier molecular flexibility index (Phi) is 4.60. The molecule has 1 aliphatic rings. The Hall–Kier alpha value is -1.93. The summed E-state index contributed by atoms with van der Waals surface area (Å²) in [6, 6.07) is 5.54. The second-order valence-corrected chi connectivity index (χ2v) is 8.29. The first-order valence-corrected chi connectivity index (χ1v) is 9.46. The summed E-state index contributed by atoms with van der Waals surface area (Å²) in [5.74, 6) is 0. The molecule has 2 aromatic rings. The molecule has 1 fully saturated rings. The Morgan fingerprint density at radius 3 is 2.50 bits per heavy atom. The molecule has 1 aromatic carbocycles. The molecule has 1 aromatic heterocycles. The second-order valence-electron chi connectivity index (χ2n) is 6.35. The Morgan fingerprint density at radius 2 is 1.92 bits per heavy atom. The normalized spacial score (nSPS) is 17.1. The van der Waals surface area contributed by atoms with Crippen LogP contribution in [0.2, 0.25) is 0 Å². The molecule has 130 valence electrons. The number of hydrogen-bond acceptors (Lipinski definition) is 5. The van der Waals surface area contributed by atoms with E-state index in [1.165, 1.54) is 6.33 Å². The lowest BCUT2D eigenvalue weighted by molar-refractivity contribution is 0.260.